The molecular formula is C34H34N6O4. The number of hydrogen-bond donors (Lipinski definition) is 4. The van der Waals surface area contributed by atoms with E-state index < -0.39 is 11.9 Å². The average Bonchev–Trinajstić information content (AvgIpc) is 3.44. The summed E-state index contributed by atoms with van der Waals surface area (Å²) in [5.41, 5.74) is 4.31. The molecule has 4 N–H and O–H groups in total. The van der Waals surface area contributed by atoms with Crippen molar-refractivity contribution < 1.29 is 19.1 Å². The molecule has 5 rings (SSSR count). The maximum Gasteiger partial charge on any atom is 0.248 e. The third-order valence-electron chi connectivity index (χ3n) is 6.91. The van der Waals surface area contributed by atoms with E-state index in [9.17, 15) is 14.7 Å². The molecule has 10 heteroatoms. The molecule has 0 saturated heterocycles. The number of likely N-dealkylation sites (N-methyl/N-ethyl adjacent to an activating group) is 1. The van der Waals surface area contributed by atoms with E-state index in [-0.39, 0.29) is 12.5 Å². The van der Waals surface area contributed by atoms with Crippen molar-refractivity contribution in [2.75, 3.05) is 44.4 Å². The molecule has 0 fully saturated rings. The molecule has 44 heavy (non-hydrogen) atoms. The van der Waals surface area contributed by atoms with Crippen LogP contribution in [0.1, 0.15) is 11.6 Å². The molecule has 0 aliphatic heterocycles. The number of aliphatic hydroxyl groups excluding tert-OH is 1. The van der Waals surface area contributed by atoms with Gasteiger partial charge in [-0.3, -0.25) is 9.59 Å². The molecule has 0 spiro atoms. The van der Waals surface area contributed by atoms with E-state index in [0.717, 1.165) is 22.3 Å². The van der Waals surface area contributed by atoms with Crippen molar-refractivity contribution in [2.45, 2.75) is 6.04 Å². The van der Waals surface area contributed by atoms with Gasteiger partial charge in [0.2, 0.25) is 17.5 Å². The fraction of sp³-hybridized carbons (Fsp3) is 0.176. The smallest absolute Gasteiger partial charge is 0.248 e. The Labute approximate surface area is 255 Å². The zero-order valence-corrected chi connectivity index (χ0v) is 24.5. The van der Waals surface area contributed by atoms with Gasteiger partial charge >= 0.3 is 0 Å². The maximum absolute atomic E-state index is 12.5. The molecular weight excluding hydrogens is 556 g/mol. The van der Waals surface area contributed by atoms with Crippen LogP contribution in [0.5, 0.6) is 0 Å². The van der Waals surface area contributed by atoms with Crippen molar-refractivity contribution in [3.63, 3.8) is 0 Å². The van der Waals surface area contributed by atoms with Gasteiger partial charge in [-0.15, -0.1) is 0 Å². The molecule has 2 aromatic heterocycles. The van der Waals surface area contributed by atoms with Gasteiger partial charge in [-0.1, -0.05) is 72.8 Å². The van der Waals surface area contributed by atoms with Crippen molar-refractivity contribution in [3.8, 4) is 22.5 Å². The van der Waals surface area contributed by atoms with Crippen LogP contribution in [0.3, 0.4) is 0 Å². The van der Waals surface area contributed by atoms with Crippen LogP contribution in [-0.2, 0) is 9.59 Å². The summed E-state index contributed by atoms with van der Waals surface area (Å²) in [6.07, 6.45) is 3.85. The molecule has 10 nitrogen and oxygen atoms in total. The topological polar surface area (TPSA) is 133 Å². The summed E-state index contributed by atoms with van der Waals surface area (Å²) in [4.78, 5) is 35.4. The maximum atomic E-state index is 12.5. The number of rotatable bonds is 12. The van der Waals surface area contributed by atoms with Crippen molar-refractivity contribution >= 4 is 34.4 Å². The Morgan fingerprint density at radius 2 is 1.57 bits per heavy atom. The third-order valence-corrected chi connectivity index (χ3v) is 6.91. The second kappa shape index (κ2) is 14.2. The van der Waals surface area contributed by atoms with Crippen LogP contribution < -0.4 is 16.0 Å². The Morgan fingerprint density at radius 3 is 2.25 bits per heavy atom. The van der Waals surface area contributed by atoms with Gasteiger partial charge < -0.3 is 30.4 Å². The highest BCUT2D eigenvalue weighted by atomic mass is 16.3. The summed E-state index contributed by atoms with van der Waals surface area (Å²) in [5.74, 6) is 0.379. The van der Waals surface area contributed by atoms with Crippen LogP contribution in [0.15, 0.2) is 108 Å². The first kappa shape index (κ1) is 30.1. The molecule has 0 radical (unpaired) electrons. The second-order valence-electron chi connectivity index (χ2n) is 10.4. The Balaban J connectivity index is 1.44. The molecule has 0 aliphatic carbocycles. The summed E-state index contributed by atoms with van der Waals surface area (Å²) >= 11 is 0. The normalized spacial score (nSPS) is 12.0. The molecule has 5 aromatic rings. The van der Waals surface area contributed by atoms with Gasteiger partial charge in [0, 0.05) is 42.1 Å². The summed E-state index contributed by atoms with van der Waals surface area (Å²) in [7, 11) is 3.83. The number of fused-ring (bicyclic) bond motifs is 1. The summed E-state index contributed by atoms with van der Waals surface area (Å²) in [6, 6.07) is 26.3. The first-order valence-electron chi connectivity index (χ1n) is 14.2. The number of nitrogens with one attached hydrogen (secondary N) is 3. The number of aromatic nitrogens is 2. The van der Waals surface area contributed by atoms with Gasteiger partial charge in [0.15, 0.2) is 0 Å². The molecule has 0 saturated carbocycles. The lowest BCUT2D eigenvalue weighted by Gasteiger charge is -2.18. The van der Waals surface area contributed by atoms with Crippen molar-refractivity contribution in [1.82, 2.24) is 20.2 Å². The lowest BCUT2D eigenvalue weighted by Crippen LogP contribution is -2.30. The molecule has 224 valence electrons. The van der Waals surface area contributed by atoms with Gasteiger partial charge in [-0.2, -0.15) is 0 Å². The lowest BCUT2D eigenvalue weighted by atomic mass is 9.98. The van der Waals surface area contributed by atoms with Gasteiger partial charge in [-0.05, 0) is 37.4 Å². The monoisotopic (exact) mass is 590 g/mol. The zero-order chi connectivity index (χ0) is 30.9. The highest BCUT2D eigenvalue weighted by Crippen LogP contribution is 2.43. The number of anilines is 2. The van der Waals surface area contributed by atoms with E-state index in [2.05, 4.69) is 25.9 Å². The quantitative estimate of drug-likeness (QED) is 0.151. The molecule has 3 aromatic carbocycles. The molecule has 2 heterocycles. The number of carbonyl (C=O) groups is 2. The number of amides is 2. The Bertz CT molecular complexity index is 1740. The van der Waals surface area contributed by atoms with E-state index in [0.29, 0.717) is 41.5 Å². The largest absolute Gasteiger partial charge is 0.437 e. The van der Waals surface area contributed by atoms with E-state index in [1.165, 1.54) is 18.5 Å². The van der Waals surface area contributed by atoms with Crippen molar-refractivity contribution in [2.24, 2.45) is 0 Å². The van der Waals surface area contributed by atoms with Crippen molar-refractivity contribution in [3.05, 3.63) is 109 Å². The number of nitrogens with zero attached hydrogens (tertiary/aromatic N) is 3. The average molecular weight is 591 g/mol. The SMILES string of the molecule is CN(C)CCNC(=O)/C=C/C(=O)Nc1ccc(-c2c(-c3ccccc3)oc3ncnc(N[C@H](CO)c4ccccc4)c23)cc1. The van der Waals surface area contributed by atoms with Gasteiger partial charge in [0.05, 0.1) is 18.0 Å². The summed E-state index contributed by atoms with van der Waals surface area (Å²) in [6.45, 7) is 1.05. The highest BCUT2D eigenvalue weighted by Gasteiger charge is 2.23. The fourth-order valence-corrected chi connectivity index (χ4v) is 4.71. The molecule has 2 amide bonds. The fourth-order valence-electron chi connectivity index (χ4n) is 4.71. The van der Waals surface area contributed by atoms with E-state index >= 15 is 0 Å². The van der Waals surface area contributed by atoms with Gasteiger partial charge in [-0.25, -0.2) is 9.97 Å². The molecule has 0 aliphatic rings. The standard InChI is InChI=1S/C34H34N6O4/c1-40(2)20-19-35-28(42)17-18-29(43)38-26-15-13-24(14-16-26)30-31-33(39-27(21-41)23-9-5-3-6-10-23)36-22-37-34(31)44-32(30)25-11-7-4-8-12-25/h3-18,22,27,41H,19-21H2,1-2H3,(H,35,42)(H,38,43)(H,36,37,39)/b18-17+/t27-/m1/s1. The predicted octanol–water partition coefficient (Wildman–Crippen LogP) is 4.87. The first-order valence-corrected chi connectivity index (χ1v) is 14.2. The van der Waals surface area contributed by atoms with Crippen LogP contribution in [-0.4, -0.2) is 65.6 Å². The van der Waals surface area contributed by atoms with Crippen LogP contribution in [0.4, 0.5) is 11.5 Å². The summed E-state index contributed by atoms with van der Waals surface area (Å²) in [5, 5.41) is 19.8. The molecule has 0 unspecified atom stereocenters. The lowest BCUT2D eigenvalue weighted by molar-refractivity contribution is -0.117. The zero-order valence-electron chi connectivity index (χ0n) is 24.5. The predicted molar refractivity (Wildman–Crippen MR) is 172 cm³/mol. The number of benzene rings is 3. The molecule has 0 bridgehead atoms. The summed E-state index contributed by atoms with van der Waals surface area (Å²) < 4.78 is 6.32. The minimum atomic E-state index is -0.421. The molecule has 1 atom stereocenters. The number of hydrogen-bond acceptors (Lipinski definition) is 8. The van der Waals surface area contributed by atoms with Gasteiger partial charge in [0.1, 0.15) is 17.9 Å². The minimum Gasteiger partial charge on any atom is -0.437 e. The van der Waals surface area contributed by atoms with E-state index in [1.54, 1.807) is 12.1 Å². The number of carbonyl (C=O) groups excluding carboxylic acids is 2. The van der Waals surface area contributed by atoms with Crippen LogP contribution in [0.2, 0.25) is 0 Å². The number of furan rings is 1. The highest BCUT2D eigenvalue weighted by molar-refractivity contribution is 6.07. The van der Waals surface area contributed by atoms with E-state index in [4.69, 9.17) is 4.42 Å². The Kier molecular flexibility index (Phi) is 9.75. The number of aliphatic hydroxyl groups is 1. The van der Waals surface area contributed by atoms with Crippen LogP contribution in [0.25, 0.3) is 33.6 Å². The van der Waals surface area contributed by atoms with Crippen molar-refractivity contribution in [1.29, 1.82) is 0 Å². The minimum absolute atomic E-state index is 0.144. The third kappa shape index (κ3) is 7.35. The second-order valence-corrected chi connectivity index (χ2v) is 10.4. The van der Waals surface area contributed by atoms with Crippen LogP contribution in [0, 0.1) is 0 Å². The van der Waals surface area contributed by atoms with E-state index in [1.807, 2.05) is 91.8 Å². The van der Waals surface area contributed by atoms with Gasteiger partial charge in [0.25, 0.3) is 0 Å². The Morgan fingerprint density at radius 1 is 0.886 bits per heavy atom. The first-order chi connectivity index (χ1) is 21.4. The Hall–Kier alpha value is -5.32. The van der Waals surface area contributed by atoms with Crippen LogP contribution >= 0.6 is 0 Å².